The molecule has 15 nitrogen and oxygen atoms in total. The van der Waals surface area contributed by atoms with Crippen LogP contribution in [-0.2, 0) is 33.4 Å². The minimum Gasteiger partial charge on any atom is -0.480 e. The Labute approximate surface area is 272 Å². The van der Waals surface area contributed by atoms with E-state index in [1.165, 1.54) is 0 Å². The number of nitrogens with two attached hydrogens (primary N) is 1. The molecule has 0 heterocycles. The van der Waals surface area contributed by atoms with Gasteiger partial charge in [-0.15, -0.1) is 0 Å². The Morgan fingerprint density at radius 2 is 1.04 bits per heavy atom. The minimum absolute atomic E-state index is 0.0562. The lowest BCUT2D eigenvalue weighted by Gasteiger charge is -2.24. The zero-order valence-corrected chi connectivity index (χ0v) is 29.0. The second-order valence-corrected chi connectivity index (χ2v) is 14.0. The highest BCUT2D eigenvalue weighted by Gasteiger charge is 2.29. The highest BCUT2D eigenvalue weighted by Crippen LogP contribution is 2.12. The van der Waals surface area contributed by atoms with Crippen LogP contribution in [0.4, 0.5) is 9.59 Å². The third-order valence-corrected chi connectivity index (χ3v) is 5.84. The molecular formula is C31H57N5O10. The van der Waals surface area contributed by atoms with E-state index in [1.807, 2.05) is 0 Å². The van der Waals surface area contributed by atoms with Gasteiger partial charge in [-0.1, -0.05) is 0 Å². The Kier molecular flexibility index (Phi) is 18.2. The zero-order chi connectivity index (χ0) is 35.7. The fourth-order valence-electron chi connectivity index (χ4n) is 3.84. The number of carbonyl (C=O) groups is 6. The summed E-state index contributed by atoms with van der Waals surface area (Å²) in [7, 11) is 0. The molecule has 0 saturated heterocycles. The van der Waals surface area contributed by atoms with E-state index < -0.39 is 70.9 Å². The molecule has 0 unspecified atom stereocenters. The van der Waals surface area contributed by atoms with Crippen LogP contribution in [0.15, 0.2) is 0 Å². The van der Waals surface area contributed by atoms with Crippen molar-refractivity contribution in [1.82, 2.24) is 21.3 Å². The van der Waals surface area contributed by atoms with Crippen molar-refractivity contribution in [3.63, 3.8) is 0 Å². The van der Waals surface area contributed by atoms with Crippen molar-refractivity contribution in [2.24, 2.45) is 5.73 Å². The molecule has 0 aliphatic carbocycles. The average molecular weight is 660 g/mol. The van der Waals surface area contributed by atoms with Crippen molar-refractivity contribution in [2.45, 2.75) is 149 Å². The van der Waals surface area contributed by atoms with Gasteiger partial charge in [0.05, 0.1) is 6.04 Å². The fraction of sp³-hybridized carbons (Fsp3) is 0.806. The van der Waals surface area contributed by atoms with E-state index in [4.69, 9.17) is 19.9 Å². The number of esters is 1. The van der Waals surface area contributed by atoms with Gasteiger partial charge in [0.25, 0.3) is 0 Å². The van der Waals surface area contributed by atoms with Gasteiger partial charge in [0, 0.05) is 19.5 Å². The van der Waals surface area contributed by atoms with Gasteiger partial charge in [-0.3, -0.25) is 14.4 Å². The number of alkyl carbamates (subject to hydrolysis) is 2. The van der Waals surface area contributed by atoms with Crippen LogP contribution in [-0.4, -0.2) is 89.1 Å². The third kappa shape index (κ3) is 22.8. The van der Waals surface area contributed by atoms with Crippen molar-refractivity contribution in [2.75, 3.05) is 13.1 Å². The number of amides is 4. The van der Waals surface area contributed by atoms with E-state index >= 15 is 0 Å². The highest BCUT2D eigenvalue weighted by molar-refractivity contribution is 5.92. The topological polar surface area (TPSA) is 224 Å². The summed E-state index contributed by atoms with van der Waals surface area (Å²) in [5.74, 6) is -3.30. The largest absolute Gasteiger partial charge is 0.480 e. The maximum absolute atomic E-state index is 13.2. The van der Waals surface area contributed by atoms with Crippen molar-refractivity contribution in [3.8, 4) is 0 Å². The first-order valence-corrected chi connectivity index (χ1v) is 15.7. The maximum atomic E-state index is 13.2. The SMILES string of the molecule is CC(C)(C)OC(=O)CC[C@H](NC(=O)[C@@H](N)CCCCNC(=O)OC(C)(C)C)C(=O)N[C@@H](CCCCNC(=O)OC(C)(C)C)C(=O)O. The summed E-state index contributed by atoms with van der Waals surface area (Å²) in [6, 6.07) is -3.53. The summed E-state index contributed by atoms with van der Waals surface area (Å²) in [6.45, 7) is 16.1. The number of unbranched alkanes of at least 4 members (excludes halogenated alkanes) is 2. The predicted octanol–water partition coefficient (Wildman–Crippen LogP) is 2.88. The Morgan fingerprint density at radius 1 is 0.609 bits per heavy atom. The molecule has 0 aliphatic rings. The molecule has 0 fully saturated rings. The lowest BCUT2D eigenvalue weighted by molar-refractivity contribution is -0.155. The monoisotopic (exact) mass is 659 g/mol. The van der Waals surface area contributed by atoms with E-state index in [1.54, 1.807) is 62.3 Å². The number of carbonyl (C=O) groups excluding carboxylic acids is 5. The Hall–Kier alpha value is -3.62. The van der Waals surface area contributed by atoms with Gasteiger partial charge in [-0.25, -0.2) is 14.4 Å². The lowest BCUT2D eigenvalue weighted by Crippen LogP contribution is -2.54. The van der Waals surface area contributed by atoms with Gasteiger partial charge in [-0.2, -0.15) is 0 Å². The van der Waals surface area contributed by atoms with Gasteiger partial charge < -0.3 is 46.3 Å². The highest BCUT2D eigenvalue weighted by atomic mass is 16.6. The number of rotatable bonds is 18. The van der Waals surface area contributed by atoms with Crippen LogP contribution in [0.3, 0.4) is 0 Å². The van der Waals surface area contributed by atoms with Crippen LogP contribution in [0.2, 0.25) is 0 Å². The normalized spacial score (nSPS) is 13.8. The first-order chi connectivity index (χ1) is 21.0. The number of hydrogen-bond donors (Lipinski definition) is 6. The molecule has 0 aliphatic heterocycles. The van der Waals surface area contributed by atoms with Crippen LogP contribution in [0.1, 0.15) is 114 Å². The number of hydrogen-bond acceptors (Lipinski definition) is 10. The summed E-state index contributed by atoms with van der Waals surface area (Å²) in [4.78, 5) is 73.8. The second-order valence-electron chi connectivity index (χ2n) is 14.0. The molecule has 0 saturated carbocycles. The molecule has 46 heavy (non-hydrogen) atoms. The van der Waals surface area contributed by atoms with Gasteiger partial charge in [0.1, 0.15) is 28.9 Å². The van der Waals surface area contributed by atoms with Crippen LogP contribution in [0.5, 0.6) is 0 Å². The van der Waals surface area contributed by atoms with Crippen molar-refractivity contribution in [3.05, 3.63) is 0 Å². The smallest absolute Gasteiger partial charge is 0.407 e. The van der Waals surface area contributed by atoms with Crippen LogP contribution >= 0.6 is 0 Å². The summed E-state index contributed by atoms with van der Waals surface area (Å²) in [5.41, 5.74) is 4.02. The third-order valence-electron chi connectivity index (χ3n) is 5.84. The number of nitrogens with one attached hydrogen (secondary N) is 4. The van der Waals surface area contributed by atoms with E-state index in [2.05, 4.69) is 21.3 Å². The van der Waals surface area contributed by atoms with Crippen LogP contribution < -0.4 is 27.0 Å². The molecule has 266 valence electrons. The quantitative estimate of drug-likeness (QED) is 0.0713. The summed E-state index contributed by atoms with van der Waals surface area (Å²) >= 11 is 0. The number of carboxylic acid groups (broad SMARTS) is 1. The molecular weight excluding hydrogens is 602 g/mol. The van der Waals surface area contributed by atoms with Gasteiger partial charge in [0.15, 0.2) is 0 Å². The molecule has 4 amide bonds. The number of carboxylic acids is 1. The Bertz CT molecular complexity index is 1010. The Morgan fingerprint density at radius 3 is 1.48 bits per heavy atom. The molecule has 0 radical (unpaired) electrons. The van der Waals surface area contributed by atoms with Crippen molar-refractivity contribution >= 4 is 35.9 Å². The van der Waals surface area contributed by atoms with Gasteiger partial charge in [-0.05, 0) is 107 Å². The molecule has 0 aromatic rings. The van der Waals surface area contributed by atoms with Crippen LogP contribution in [0.25, 0.3) is 0 Å². The molecule has 3 atom stereocenters. The summed E-state index contributed by atoms with van der Waals surface area (Å²) < 4.78 is 15.6. The van der Waals surface area contributed by atoms with E-state index in [9.17, 15) is 33.9 Å². The number of aliphatic carboxylic acids is 1. The summed E-state index contributed by atoms with van der Waals surface area (Å²) in [6.07, 6.45) is 0.605. The van der Waals surface area contributed by atoms with Crippen LogP contribution in [0, 0.1) is 0 Å². The standard InChI is InChI=1S/C31H57N5O10/c1-29(2,3)44-23(37)17-16-21(35-24(38)20(32)14-10-12-18-33-27(42)45-30(4,5)6)25(39)36-22(26(40)41)15-11-13-19-34-28(43)46-31(7,8)9/h20-22H,10-19,32H2,1-9H3,(H,33,42)(H,34,43)(H,35,38)(H,36,39)(H,40,41)/t20-,21-,22-/m0/s1. The van der Waals surface area contributed by atoms with E-state index in [0.717, 1.165) is 0 Å². The maximum Gasteiger partial charge on any atom is 0.407 e. The van der Waals surface area contributed by atoms with Gasteiger partial charge >= 0.3 is 24.1 Å². The molecule has 7 N–H and O–H groups in total. The van der Waals surface area contributed by atoms with Gasteiger partial charge in [0.2, 0.25) is 11.8 Å². The molecule has 0 rings (SSSR count). The summed E-state index contributed by atoms with van der Waals surface area (Å²) in [5, 5.41) is 19.9. The Balaban J connectivity index is 5.14. The first-order valence-electron chi connectivity index (χ1n) is 15.7. The molecule has 0 aromatic carbocycles. The molecule has 15 heteroatoms. The molecule has 0 spiro atoms. The second kappa shape index (κ2) is 19.8. The van der Waals surface area contributed by atoms with E-state index in [-0.39, 0.29) is 32.2 Å². The van der Waals surface area contributed by atoms with Crippen molar-refractivity contribution in [1.29, 1.82) is 0 Å². The van der Waals surface area contributed by atoms with Crippen molar-refractivity contribution < 1.29 is 48.1 Å². The zero-order valence-electron chi connectivity index (χ0n) is 29.0. The lowest BCUT2D eigenvalue weighted by atomic mass is 10.1. The molecule has 0 aromatic heterocycles. The number of ether oxygens (including phenoxy) is 3. The first kappa shape index (κ1) is 42.4. The predicted molar refractivity (Wildman–Crippen MR) is 171 cm³/mol. The minimum atomic E-state index is -1.28. The fourth-order valence-corrected chi connectivity index (χ4v) is 3.84. The average Bonchev–Trinajstić information content (AvgIpc) is 2.86. The van der Waals surface area contributed by atoms with E-state index in [0.29, 0.717) is 32.2 Å². The molecule has 0 bridgehead atoms.